The molecule has 1 heterocycles. The van der Waals surface area contributed by atoms with Crippen molar-refractivity contribution < 1.29 is 9.52 Å². The van der Waals surface area contributed by atoms with Crippen LogP contribution in [0.2, 0.25) is 0 Å². The summed E-state index contributed by atoms with van der Waals surface area (Å²) in [6.07, 6.45) is 2.66. The van der Waals surface area contributed by atoms with Crippen LogP contribution in [-0.4, -0.2) is 29.5 Å². The number of aliphatic hydroxyl groups excluding tert-OH is 1. The van der Waals surface area contributed by atoms with Crippen LogP contribution in [0.5, 0.6) is 0 Å². The minimum atomic E-state index is -0.148. The second-order valence-corrected chi connectivity index (χ2v) is 5.24. The molecule has 1 aromatic heterocycles. The first-order valence-electron chi connectivity index (χ1n) is 5.66. The molecule has 1 unspecified atom stereocenters. The maximum Gasteiger partial charge on any atom is 0.113 e. The van der Waals surface area contributed by atoms with Gasteiger partial charge in [0.25, 0.3) is 0 Å². The number of rotatable bonds is 8. The van der Waals surface area contributed by atoms with Crippen LogP contribution in [0, 0.1) is 0 Å². The summed E-state index contributed by atoms with van der Waals surface area (Å²) < 4.78 is 5.25. The molecule has 92 valence electrons. The van der Waals surface area contributed by atoms with E-state index in [9.17, 15) is 5.11 Å². The zero-order valence-electron chi connectivity index (χ0n) is 10.0. The first-order chi connectivity index (χ1) is 7.70. The molecule has 0 aliphatic heterocycles. The van der Waals surface area contributed by atoms with E-state index in [0.29, 0.717) is 0 Å². The first-order valence-corrected chi connectivity index (χ1v) is 6.81. The van der Waals surface area contributed by atoms with Gasteiger partial charge in [0.05, 0.1) is 18.6 Å². The number of furan rings is 1. The van der Waals surface area contributed by atoms with E-state index < -0.39 is 0 Å². The minimum absolute atomic E-state index is 0.148. The van der Waals surface area contributed by atoms with Gasteiger partial charge >= 0.3 is 0 Å². The SMILES string of the molecule is CCNC(C)(CO)CCSCc1ccco1. The molecule has 0 fully saturated rings. The van der Waals surface area contributed by atoms with Gasteiger partial charge in [-0.3, -0.25) is 0 Å². The third-order valence-corrected chi connectivity index (χ3v) is 3.56. The van der Waals surface area contributed by atoms with Crippen molar-refractivity contribution in [1.29, 1.82) is 0 Å². The molecular weight excluding hydrogens is 222 g/mol. The highest BCUT2D eigenvalue weighted by Crippen LogP contribution is 2.17. The lowest BCUT2D eigenvalue weighted by Crippen LogP contribution is -2.46. The van der Waals surface area contributed by atoms with E-state index in [0.717, 1.165) is 30.2 Å². The fourth-order valence-corrected chi connectivity index (χ4v) is 2.62. The smallest absolute Gasteiger partial charge is 0.113 e. The molecule has 0 spiro atoms. The van der Waals surface area contributed by atoms with E-state index in [2.05, 4.69) is 19.2 Å². The van der Waals surface area contributed by atoms with E-state index in [1.165, 1.54) is 0 Å². The minimum Gasteiger partial charge on any atom is -0.468 e. The molecule has 3 nitrogen and oxygen atoms in total. The normalized spacial score (nSPS) is 14.9. The van der Waals surface area contributed by atoms with Crippen LogP contribution in [-0.2, 0) is 5.75 Å². The lowest BCUT2D eigenvalue weighted by Gasteiger charge is -2.28. The van der Waals surface area contributed by atoms with Gasteiger partial charge in [-0.05, 0) is 37.8 Å². The molecular formula is C12H21NO2S. The van der Waals surface area contributed by atoms with Crippen LogP contribution in [0.3, 0.4) is 0 Å². The Morgan fingerprint density at radius 3 is 2.94 bits per heavy atom. The molecule has 0 bridgehead atoms. The van der Waals surface area contributed by atoms with Gasteiger partial charge in [0.1, 0.15) is 5.76 Å². The third-order valence-electron chi connectivity index (χ3n) is 2.58. The van der Waals surface area contributed by atoms with Crippen molar-refractivity contribution in [1.82, 2.24) is 5.32 Å². The van der Waals surface area contributed by atoms with Crippen molar-refractivity contribution in [3.05, 3.63) is 24.2 Å². The highest BCUT2D eigenvalue weighted by Gasteiger charge is 2.20. The van der Waals surface area contributed by atoms with Crippen molar-refractivity contribution in [3.8, 4) is 0 Å². The molecule has 0 radical (unpaired) electrons. The Kier molecular flexibility index (Phi) is 5.95. The average molecular weight is 243 g/mol. The maximum absolute atomic E-state index is 9.31. The summed E-state index contributed by atoms with van der Waals surface area (Å²) in [7, 11) is 0. The second kappa shape index (κ2) is 6.99. The van der Waals surface area contributed by atoms with Crippen molar-refractivity contribution in [2.24, 2.45) is 0 Å². The Bertz CT molecular complexity index is 277. The summed E-state index contributed by atoms with van der Waals surface area (Å²) >= 11 is 1.83. The number of nitrogens with one attached hydrogen (secondary N) is 1. The zero-order chi connectivity index (χ0) is 11.9. The Balaban J connectivity index is 2.18. The molecule has 0 aliphatic carbocycles. The quantitative estimate of drug-likeness (QED) is 0.688. The molecule has 4 heteroatoms. The number of likely N-dealkylation sites (N-methyl/N-ethyl adjacent to an activating group) is 1. The van der Waals surface area contributed by atoms with Crippen molar-refractivity contribution in [2.45, 2.75) is 31.6 Å². The van der Waals surface area contributed by atoms with Crippen LogP contribution in [0.4, 0.5) is 0 Å². The monoisotopic (exact) mass is 243 g/mol. The molecule has 1 atom stereocenters. The lowest BCUT2D eigenvalue weighted by atomic mass is 10.0. The summed E-state index contributed by atoms with van der Waals surface area (Å²) in [5.74, 6) is 2.94. The topological polar surface area (TPSA) is 45.4 Å². The Morgan fingerprint density at radius 2 is 2.38 bits per heavy atom. The van der Waals surface area contributed by atoms with E-state index in [-0.39, 0.29) is 12.1 Å². The largest absolute Gasteiger partial charge is 0.468 e. The molecule has 2 N–H and O–H groups in total. The molecule has 0 saturated heterocycles. The summed E-state index contributed by atoms with van der Waals surface area (Å²) in [5, 5.41) is 12.6. The van der Waals surface area contributed by atoms with Gasteiger partial charge < -0.3 is 14.8 Å². The standard InChI is InChI=1S/C12H21NO2S/c1-3-13-12(2,10-14)6-8-16-9-11-5-4-7-15-11/h4-5,7,13-14H,3,6,8-10H2,1-2H3. The fraction of sp³-hybridized carbons (Fsp3) is 0.667. The predicted octanol–water partition coefficient (Wildman–Crippen LogP) is 2.26. The van der Waals surface area contributed by atoms with Crippen molar-refractivity contribution in [3.63, 3.8) is 0 Å². The van der Waals surface area contributed by atoms with E-state index in [1.807, 2.05) is 23.9 Å². The van der Waals surface area contributed by atoms with Gasteiger partial charge in [-0.25, -0.2) is 0 Å². The van der Waals surface area contributed by atoms with Gasteiger partial charge in [0.15, 0.2) is 0 Å². The van der Waals surface area contributed by atoms with Crippen LogP contribution in [0.1, 0.15) is 26.0 Å². The number of hydrogen-bond acceptors (Lipinski definition) is 4. The van der Waals surface area contributed by atoms with Gasteiger partial charge in [-0.15, -0.1) is 0 Å². The summed E-state index contributed by atoms with van der Waals surface area (Å²) in [4.78, 5) is 0. The van der Waals surface area contributed by atoms with E-state index >= 15 is 0 Å². The number of thioether (sulfide) groups is 1. The zero-order valence-corrected chi connectivity index (χ0v) is 10.8. The highest BCUT2D eigenvalue weighted by molar-refractivity contribution is 7.98. The van der Waals surface area contributed by atoms with Crippen LogP contribution in [0.15, 0.2) is 22.8 Å². The summed E-state index contributed by atoms with van der Waals surface area (Å²) in [6.45, 7) is 5.19. The number of aliphatic hydroxyl groups is 1. The predicted molar refractivity (Wildman–Crippen MR) is 68.7 cm³/mol. The molecule has 16 heavy (non-hydrogen) atoms. The van der Waals surface area contributed by atoms with Crippen LogP contribution in [0.25, 0.3) is 0 Å². The first kappa shape index (κ1) is 13.6. The van der Waals surface area contributed by atoms with Crippen LogP contribution >= 0.6 is 11.8 Å². The lowest BCUT2D eigenvalue weighted by molar-refractivity contribution is 0.173. The molecule has 0 saturated carbocycles. The van der Waals surface area contributed by atoms with E-state index in [4.69, 9.17) is 4.42 Å². The second-order valence-electron chi connectivity index (χ2n) is 4.13. The average Bonchev–Trinajstić information content (AvgIpc) is 2.78. The van der Waals surface area contributed by atoms with Gasteiger partial charge in [0, 0.05) is 5.54 Å². The number of hydrogen-bond donors (Lipinski definition) is 2. The summed E-state index contributed by atoms with van der Waals surface area (Å²) in [6, 6.07) is 3.90. The molecule has 0 aliphatic rings. The van der Waals surface area contributed by atoms with Crippen molar-refractivity contribution >= 4 is 11.8 Å². The Morgan fingerprint density at radius 1 is 1.56 bits per heavy atom. The van der Waals surface area contributed by atoms with Crippen molar-refractivity contribution in [2.75, 3.05) is 18.9 Å². The van der Waals surface area contributed by atoms with Crippen LogP contribution < -0.4 is 5.32 Å². The Labute approximate surface area is 102 Å². The maximum atomic E-state index is 9.31. The summed E-state index contributed by atoms with van der Waals surface area (Å²) in [5.41, 5.74) is -0.148. The van der Waals surface area contributed by atoms with Gasteiger partial charge in [-0.2, -0.15) is 11.8 Å². The fourth-order valence-electron chi connectivity index (χ4n) is 1.52. The molecule has 0 aromatic carbocycles. The third kappa shape index (κ3) is 4.60. The molecule has 0 amide bonds. The highest BCUT2D eigenvalue weighted by atomic mass is 32.2. The van der Waals surface area contributed by atoms with Gasteiger partial charge in [0.2, 0.25) is 0 Å². The molecule has 1 aromatic rings. The Hall–Kier alpha value is -0.450. The molecule has 1 rings (SSSR count). The van der Waals surface area contributed by atoms with Gasteiger partial charge in [-0.1, -0.05) is 6.92 Å². The van der Waals surface area contributed by atoms with E-state index in [1.54, 1.807) is 6.26 Å².